The van der Waals surface area contributed by atoms with Crippen molar-refractivity contribution in [3.8, 4) is 5.75 Å². The molecule has 0 N–H and O–H groups in total. The fourth-order valence-corrected chi connectivity index (χ4v) is 10.2. The Morgan fingerprint density at radius 1 is 1.00 bits per heavy atom. The number of nitrogens with zero attached hydrogens (tertiary/aromatic N) is 1. The van der Waals surface area contributed by atoms with Gasteiger partial charge in [-0.3, -0.25) is 0 Å². The molecule has 4 heteroatoms. The molecule has 0 aliphatic carbocycles. The van der Waals surface area contributed by atoms with Crippen molar-refractivity contribution in [2.75, 3.05) is 25.6 Å². The van der Waals surface area contributed by atoms with E-state index in [-0.39, 0.29) is 0 Å². The number of hydrogen-bond donors (Lipinski definition) is 0. The number of unbranched alkanes of at least 4 members (excludes halogenated alkanes) is 3. The average Bonchev–Trinajstić information content (AvgIpc) is 2.57. The van der Waals surface area contributed by atoms with Crippen molar-refractivity contribution >= 4 is 17.2 Å². The normalized spacial score (nSPS) is 13.5. The monoisotopic (exact) mass is 359 g/mol. The number of rotatable bonds is 12. The Balaban J connectivity index is 3.11. The van der Waals surface area contributed by atoms with E-state index in [0.29, 0.717) is 0 Å². The van der Waals surface area contributed by atoms with Gasteiger partial charge in [0.2, 0.25) is 0 Å². The fraction of sp³-hybridized carbons (Fsp3) is 0.737. The van der Waals surface area contributed by atoms with Gasteiger partial charge in [0.25, 0.3) is 0 Å². The molecular formula is C19H35ClNOP. The van der Waals surface area contributed by atoms with Crippen LogP contribution in [0.5, 0.6) is 5.75 Å². The second-order valence-corrected chi connectivity index (χ2v) is 15.1. The van der Waals surface area contributed by atoms with Crippen LogP contribution in [0.2, 0.25) is 0 Å². The van der Waals surface area contributed by atoms with Gasteiger partial charge in [-0.05, 0) is 0 Å². The maximum absolute atomic E-state index is 7.61. The van der Waals surface area contributed by atoms with Crippen LogP contribution >= 0.6 is 17.2 Å². The zero-order valence-electron chi connectivity index (χ0n) is 15.5. The first kappa shape index (κ1) is 20.7. The third-order valence-corrected chi connectivity index (χ3v) is 12.1. The van der Waals surface area contributed by atoms with Gasteiger partial charge in [0.05, 0.1) is 0 Å². The summed E-state index contributed by atoms with van der Waals surface area (Å²) in [7, 11) is 1.71. The van der Waals surface area contributed by atoms with Crippen LogP contribution in [0.3, 0.4) is 0 Å². The summed E-state index contributed by atoms with van der Waals surface area (Å²) in [6, 6.07) is 3.99. The molecule has 0 spiro atoms. The van der Waals surface area contributed by atoms with Gasteiger partial charge in [-0.25, -0.2) is 0 Å². The quantitative estimate of drug-likeness (QED) is 0.387. The molecule has 1 aromatic rings. The second kappa shape index (κ2) is 9.84. The standard InChI is InChI=1S/C19H35ClNOP/c1-5-8-13-23(20,14-9-6-2,15-10-7-3)17-18-16-19(22-4)11-12-21-18/h11-12,16H,5-10,13-15,17H2,1-4H3. The van der Waals surface area contributed by atoms with Crippen LogP contribution in [0.4, 0.5) is 0 Å². The Morgan fingerprint density at radius 2 is 1.52 bits per heavy atom. The predicted octanol–water partition coefficient (Wildman–Crippen LogP) is 6.70. The molecule has 0 aromatic carbocycles. The summed E-state index contributed by atoms with van der Waals surface area (Å²) >= 11 is 7.61. The minimum absolute atomic E-state index is 0.887. The third kappa shape index (κ3) is 6.59. The van der Waals surface area contributed by atoms with Gasteiger partial charge in [-0.15, -0.1) is 0 Å². The van der Waals surface area contributed by atoms with Crippen molar-refractivity contribution < 1.29 is 4.74 Å². The number of pyridine rings is 1. The first-order valence-corrected chi connectivity index (χ1v) is 13.1. The van der Waals surface area contributed by atoms with E-state index in [4.69, 9.17) is 16.0 Å². The summed E-state index contributed by atoms with van der Waals surface area (Å²) in [5, 5.41) is 0. The minimum atomic E-state index is -2.27. The summed E-state index contributed by atoms with van der Waals surface area (Å²) in [5.41, 5.74) is 1.11. The molecule has 134 valence electrons. The van der Waals surface area contributed by atoms with E-state index in [1.165, 1.54) is 57.0 Å². The maximum atomic E-state index is 7.61. The van der Waals surface area contributed by atoms with Crippen molar-refractivity contribution in [3.63, 3.8) is 0 Å². The molecule has 0 amide bonds. The second-order valence-electron chi connectivity index (χ2n) is 6.90. The van der Waals surface area contributed by atoms with Crippen LogP contribution in [-0.4, -0.2) is 30.6 Å². The van der Waals surface area contributed by atoms with E-state index in [1.807, 2.05) is 12.3 Å². The molecule has 1 aromatic heterocycles. The molecule has 0 unspecified atom stereocenters. The van der Waals surface area contributed by atoms with Gasteiger partial charge in [0, 0.05) is 0 Å². The molecule has 0 aliphatic rings. The third-order valence-electron chi connectivity index (χ3n) is 4.79. The van der Waals surface area contributed by atoms with Gasteiger partial charge < -0.3 is 0 Å². The molecular weight excluding hydrogens is 325 g/mol. The van der Waals surface area contributed by atoms with E-state index in [0.717, 1.165) is 17.6 Å². The molecule has 0 fully saturated rings. The Hall–Kier alpha value is -0.330. The van der Waals surface area contributed by atoms with Crippen LogP contribution in [0.1, 0.15) is 65.0 Å². The molecule has 0 radical (unpaired) electrons. The van der Waals surface area contributed by atoms with Crippen molar-refractivity contribution in [2.45, 2.75) is 65.5 Å². The van der Waals surface area contributed by atoms with Crippen LogP contribution in [0.15, 0.2) is 18.3 Å². The molecule has 2 nitrogen and oxygen atoms in total. The summed E-state index contributed by atoms with van der Waals surface area (Å²) in [5.74, 6) is -1.38. The number of aromatic nitrogens is 1. The molecule has 1 heterocycles. The summed E-state index contributed by atoms with van der Waals surface area (Å²) in [6.45, 7) is 6.80. The zero-order valence-corrected chi connectivity index (χ0v) is 17.1. The SMILES string of the molecule is CCCCP(Cl)(CCCC)(CCCC)Cc1cc(OC)ccn1. The van der Waals surface area contributed by atoms with E-state index in [1.54, 1.807) is 7.11 Å². The van der Waals surface area contributed by atoms with Crippen LogP contribution in [-0.2, 0) is 6.16 Å². The van der Waals surface area contributed by atoms with Crippen molar-refractivity contribution in [2.24, 2.45) is 0 Å². The Bertz CT molecular complexity index is 442. The van der Waals surface area contributed by atoms with E-state index >= 15 is 0 Å². The van der Waals surface area contributed by atoms with E-state index in [9.17, 15) is 0 Å². The number of ether oxygens (including phenoxy) is 1. The van der Waals surface area contributed by atoms with Gasteiger partial charge in [0.15, 0.2) is 0 Å². The molecule has 0 saturated heterocycles. The van der Waals surface area contributed by atoms with Gasteiger partial charge in [0.1, 0.15) is 0 Å². The average molecular weight is 360 g/mol. The van der Waals surface area contributed by atoms with Crippen LogP contribution < -0.4 is 4.74 Å². The summed E-state index contributed by atoms with van der Waals surface area (Å²) in [6.07, 6.45) is 13.8. The van der Waals surface area contributed by atoms with Crippen molar-refractivity contribution in [1.29, 1.82) is 0 Å². The van der Waals surface area contributed by atoms with E-state index in [2.05, 4.69) is 31.8 Å². The Labute approximate surface area is 148 Å². The van der Waals surface area contributed by atoms with Crippen LogP contribution in [0, 0.1) is 0 Å². The first-order valence-electron chi connectivity index (χ1n) is 9.20. The molecule has 0 saturated carbocycles. The van der Waals surface area contributed by atoms with Gasteiger partial charge in [-0.2, -0.15) is 0 Å². The van der Waals surface area contributed by atoms with Gasteiger partial charge in [-0.1, -0.05) is 0 Å². The zero-order chi connectivity index (χ0) is 17.2. The number of hydrogen-bond acceptors (Lipinski definition) is 2. The first-order chi connectivity index (χ1) is 11.0. The van der Waals surface area contributed by atoms with Crippen molar-refractivity contribution in [3.05, 3.63) is 24.0 Å². The molecule has 0 atom stereocenters. The fourth-order valence-electron chi connectivity index (χ4n) is 3.31. The number of halogens is 1. The Kier molecular flexibility index (Phi) is 8.86. The molecule has 23 heavy (non-hydrogen) atoms. The molecule has 0 aliphatic heterocycles. The number of methoxy groups -OCH3 is 1. The van der Waals surface area contributed by atoms with E-state index < -0.39 is 5.96 Å². The molecule has 1 rings (SSSR count). The summed E-state index contributed by atoms with van der Waals surface area (Å²) < 4.78 is 5.38. The molecule has 0 bridgehead atoms. The predicted molar refractivity (Wildman–Crippen MR) is 107 cm³/mol. The summed E-state index contributed by atoms with van der Waals surface area (Å²) in [4.78, 5) is 4.61. The van der Waals surface area contributed by atoms with Crippen LogP contribution in [0.25, 0.3) is 0 Å². The van der Waals surface area contributed by atoms with Crippen molar-refractivity contribution in [1.82, 2.24) is 4.98 Å². The topological polar surface area (TPSA) is 22.1 Å². The van der Waals surface area contributed by atoms with Gasteiger partial charge >= 0.3 is 148 Å². The Morgan fingerprint density at radius 3 is 1.96 bits per heavy atom.